The van der Waals surface area contributed by atoms with Crippen LogP contribution in [0, 0.1) is 17.0 Å². The molecule has 0 aromatic heterocycles. The molecular weight excluding hydrogens is 336 g/mol. The summed E-state index contributed by atoms with van der Waals surface area (Å²) < 4.78 is 5.28. The van der Waals surface area contributed by atoms with E-state index in [0.717, 1.165) is 5.56 Å². The number of carbonyl (C=O) groups is 2. The molecule has 0 saturated heterocycles. The second-order valence-corrected chi connectivity index (χ2v) is 5.94. The molecule has 1 atom stereocenters. The minimum Gasteiger partial charge on any atom is -0.477 e. The maximum absolute atomic E-state index is 12.1. The molecule has 2 aromatic carbocycles. The van der Waals surface area contributed by atoms with Crippen molar-refractivity contribution in [2.45, 2.75) is 26.3 Å². The zero-order chi connectivity index (χ0) is 19.1. The van der Waals surface area contributed by atoms with Gasteiger partial charge in [-0.15, -0.1) is 0 Å². The van der Waals surface area contributed by atoms with Crippen molar-refractivity contribution in [3.8, 4) is 5.75 Å². The monoisotopic (exact) mass is 356 g/mol. The molecule has 0 saturated carbocycles. The maximum atomic E-state index is 12.1. The first-order valence-corrected chi connectivity index (χ1v) is 8.08. The molecule has 0 aliphatic rings. The number of rotatable bonds is 8. The number of aryl methyl sites for hydroxylation is 1. The maximum Gasteiger partial charge on any atom is 0.311 e. The topological polar surface area (TPSA) is 98.5 Å². The second-order valence-electron chi connectivity index (χ2n) is 5.94. The highest BCUT2D eigenvalue weighted by Gasteiger charge is 2.20. The molecule has 0 heterocycles. The molecule has 2 aromatic rings. The summed E-state index contributed by atoms with van der Waals surface area (Å²) in [6.45, 7) is 2.71. The number of Topliss-reactive ketones (excluding diaryl/α,β-unsaturated/α-hetero) is 1. The van der Waals surface area contributed by atoms with E-state index in [4.69, 9.17) is 4.74 Å². The molecule has 0 unspecified atom stereocenters. The Morgan fingerprint density at radius 2 is 1.88 bits per heavy atom. The number of carbonyl (C=O) groups excluding carboxylic acids is 2. The SMILES string of the molecule is CC(=O)[C@H](Cc1ccccc1)NC(=O)COc1ccc(C)cc1[N+](=O)[O-]. The Morgan fingerprint density at radius 1 is 1.19 bits per heavy atom. The van der Waals surface area contributed by atoms with Crippen LogP contribution in [0.2, 0.25) is 0 Å². The van der Waals surface area contributed by atoms with E-state index in [1.165, 1.54) is 19.1 Å². The molecule has 0 aliphatic carbocycles. The van der Waals surface area contributed by atoms with Gasteiger partial charge < -0.3 is 10.1 Å². The van der Waals surface area contributed by atoms with E-state index >= 15 is 0 Å². The van der Waals surface area contributed by atoms with E-state index in [1.54, 1.807) is 13.0 Å². The van der Waals surface area contributed by atoms with Crippen LogP contribution in [-0.2, 0) is 16.0 Å². The first-order chi connectivity index (χ1) is 12.4. The fourth-order valence-corrected chi connectivity index (χ4v) is 2.42. The predicted molar refractivity (Wildman–Crippen MR) is 96.1 cm³/mol. The third-order valence-corrected chi connectivity index (χ3v) is 3.78. The van der Waals surface area contributed by atoms with Gasteiger partial charge in [0.25, 0.3) is 5.91 Å². The Morgan fingerprint density at radius 3 is 2.50 bits per heavy atom. The van der Waals surface area contributed by atoms with Crippen LogP contribution in [0.5, 0.6) is 5.75 Å². The molecule has 7 nitrogen and oxygen atoms in total. The summed E-state index contributed by atoms with van der Waals surface area (Å²) in [6, 6.07) is 13.1. The van der Waals surface area contributed by atoms with Gasteiger partial charge in [-0.2, -0.15) is 0 Å². The smallest absolute Gasteiger partial charge is 0.311 e. The Labute approximate surface area is 151 Å². The van der Waals surface area contributed by atoms with E-state index in [-0.39, 0.29) is 17.2 Å². The number of nitro benzene ring substituents is 1. The lowest BCUT2D eigenvalue weighted by atomic mass is 10.0. The lowest BCUT2D eigenvalue weighted by Crippen LogP contribution is -2.43. The first-order valence-electron chi connectivity index (χ1n) is 8.08. The second kappa shape index (κ2) is 8.75. The van der Waals surface area contributed by atoms with Crippen LogP contribution in [0.25, 0.3) is 0 Å². The van der Waals surface area contributed by atoms with E-state index in [1.807, 2.05) is 30.3 Å². The molecule has 0 bridgehead atoms. The van der Waals surface area contributed by atoms with Crippen LogP contribution >= 0.6 is 0 Å². The summed E-state index contributed by atoms with van der Waals surface area (Å²) in [4.78, 5) is 34.4. The number of hydrogen-bond donors (Lipinski definition) is 1. The molecule has 2 rings (SSSR count). The zero-order valence-electron chi connectivity index (χ0n) is 14.6. The molecule has 0 fully saturated rings. The quantitative estimate of drug-likeness (QED) is 0.579. The van der Waals surface area contributed by atoms with E-state index < -0.39 is 23.5 Å². The average Bonchev–Trinajstić information content (AvgIpc) is 2.60. The van der Waals surface area contributed by atoms with Crippen molar-refractivity contribution in [1.29, 1.82) is 0 Å². The molecule has 0 spiro atoms. The molecule has 7 heteroatoms. The van der Waals surface area contributed by atoms with Gasteiger partial charge in [-0.25, -0.2) is 0 Å². The van der Waals surface area contributed by atoms with Crippen molar-refractivity contribution < 1.29 is 19.2 Å². The van der Waals surface area contributed by atoms with Gasteiger partial charge in [-0.05, 0) is 37.5 Å². The zero-order valence-corrected chi connectivity index (χ0v) is 14.6. The number of ether oxygens (including phenoxy) is 1. The van der Waals surface area contributed by atoms with Crippen LogP contribution < -0.4 is 10.1 Å². The number of benzene rings is 2. The van der Waals surface area contributed by atoms with Crippen molar-refractivity contribution >= 4 is 17.4 Å². The Kier molecular flexibility index (Phi) is 6.43. The standard InChI is InChI=1S/C19H20N2O5/c1-13-8-9-18(17(10-13)21(24)25)26-12-19(23)20-16(14(2)22)11-15-6-4-3-5-7-15/h3-10,16H,11-12H2,1-2H3,(H,20,23)/t16-/m0/s1. The molecule has 136 valence electrons. The summed E-state index contributed by atoms with van der Waals surface area (Å²) in [6.07, 6.45) is 0.368. The highest BCUT2D eigenvalue weighted by Crippen LogP contribution is 2.27. The van der Waals surface area contributed by atoms with Gasteiger partial charge >= 0.3 is 5.69 Å². The summed E-state index contributed by atoms with van der Waals surface area (Å²) in [5.41, 5.74) is 1.43. The van der Waals surface area contributed by atoms with Gasteiger partial charge in [-0.1, -0.05) is 36.4 Å². The lowest BCUT2D eigenvalue weighted by molar-refractivity contribution is -0.385. The van der Waals surface area contributed by atoms with E-state index in [0.29, 0.717) is 12.0 Å². The molecular formula is C19H20N2O5. The Bertz CT molecular complexity index is 805. The van der Waals surface area contributed by atoms with Crippen LogP contribution in [0.4, 0.5) is 5.69 Å². The number of nitro groups is 1. The first kappa shape index (κ1) is 19.1. The van der Waals surface area contributed by atoms with Crippen molar-refractivity contribution in [3.63, 3.8) is 0 Å². The normalized spacial score (nSPS) is 11.5. The number of amides is 1. The van der Waals surface area contributed by atoms with Gasteiger partial charge in [0.15, 0.2) is 18.1 Å². The van der Waals surface area contributed by atoms with Gasteiger partial charge in [0.1, 0.15) is 0 Å². The van der Waals surface area contributed by atoms with Crippen LogP contribution in [-0.4, -0.2) is 29.3 Å². The van der Waals surface area contributed by atoms with Gasteiger partial charge in [-0.3, -0.25) is 19.7 Å². The number of ketones is 1. The molecule has 0 aliphatic heterocycles. The predicted octanol–water partition coefficient (Wildman–Crippen LogP) is 2.60. The average molecular weight is 356 g/mol. The summed E-state index contributed by atoms with van der Waals surface area (Å²) in [7, 11) is 0. The minimum atomic E-state index is -0.679. The van der Waals surface area contributed by atoms with Gasteiger partial charge in [0.2, 0.25) is 0 Å². The highest BCUT2D eigenvalue weighted by molar-refractivity contribution is 5.88. The van der Waals surface area contributed by atoms with E-state index in [9.17, 15) is 19.7 Å². The van der Waals surface area contributed by atoms with Crippen molar-refractivity contribution in [1.82, 2.24) is 5.32 Å². The van der Waals surface area contributed by atoms with Crippen molar-refractivity contribution in [3.05, 3.63) is 69.8 Å². The third-order valence-electron chi connectivity index (χ3n) is 3.78. The highest BCUT2D eigenvalue weighted by atomic mass is 16.6. The van der Waals surface area contributed by atoms with Crippen LogP contribution in [0.15, 0.2) is 48.5 Å². The van der Waals surface area contributed by atoms with Gasteiger partial charge in [0, 0.05) is 6.07 Å². The van der Waals surface area contributed by atoms with Crippen molar-refractivity contribution in [2.75, 3.05) is 6.61 Å². The fraction of sp³-hybridized carbons (Fsp3) is 0.263. The largest absolute Gasteiger partial charge is 0.477 e. The molecule has 0 radical (unpaired) electrons. The lowest BCUT2D eigenvalue weighted by Gasteiger charge is -2.16. The summed E-state index contributed by atoms with van der Waals surface area (Å²) >= 11 is 0. The summed E-state index contributed by atoms with van der Waals surface area (Å²) in [5, 5.41) is 13.7. The third kappa shape index (κ3) is 5.41. The van der Waals surface area contributed by atoms with Crippen LogP contribution in [0.3, 0.4) is 0 Å². The molecule has 1 amide bonds. The Balaban J connectivity index is 1.99. The van der Waals surface area contributed by atoms with E-state index in [2.05, 4.69) is 5.32 Å². The fourth-order valence-electron chi connectivity index (χ4n) is 2.42. The van der Waals surface area contributed by atoms with Crippen molar-refractivity contribution in [2.24, 2.45) is 0 Å². The number of nitrogens with one attached hydrogen (secondary N) is 1. The number of hydrogen-bond acceptors (Lipinski definition) is 5. The number of nitrogens with zero attached hydrogens (tertiary/aromatic N) is 1. The molecule has 1 N–H and O–H groups in total. The Hall–Kier alpha value is -3.22. The van der Waals surface area contributed by atoms with Crippen LogP contribution in [0.1, 0.15) is 18.1 Å². The minimum absolute atomic E-state index is 0.0122. The molecule has 26 heavy (non-hydrogen) atoms. The van der Waals surface area contributed by atoms with Gasteiger partial charge in [0.05, 0.1) is 11.0 Å². The summed E-state index contributed by atoms with van der Waals surface area (Å²) in [5.74, 6) is -0.683.